The molecule has 8 heteroatoms. The van der Waals surface area contributed by atoms with Crippen LogP contribution in [0.5, 0.6) is 5.75 Å². The Morgan fingerprint density at radius 1 is 1.26 bits per heavy atom. The standard InChI is InChI=1S/C27H26FN3O4/c1-2-11-29-26(32)23-15-35-24(30-23)16-34-21-9-8-17-10-12-31(27(33)18-6-7-18)25(22(17)14-21)19-4-3-5-20(28)13-19/h2-5,8-9,13-15,18,25H,1,6-7,10-12,16H2,(H,29,32)/t25-/m1/s1. The van der Waals surface area contributed by atoms with Gasteiger partial charge in [0.05, 0.1) is 6.04 Å². The van der Waals surface area contributed by atoms with Gasteiger partial charge in [-0.15, -0.1) is 6.58 Å². The second-order valence-electron chi connectivity index (χ2n) is 8.79. The van der Waals surface area contributed by atoms with E-state index in [2.05, 4.69) is 16.9 Å². The maximum absolute atomic E-state index is 14.1. The van der Waals surface area contributed by atoms with Crippen LogP contribution in [0, 0.1) is 11.7 Å². The van der Waals surface area contributed by atoms with Gasteiger partial charge < -0.3 is 19.4 Å². The van der Waals surface area contributed by atoms with Gasteiger partial charge in [-0.25, -0.2) is 9.37 Å². The third-order valence-electron chi connectivity index (χ3n) is 6.27. The maximum atomic E-state index is 14.1. The number of hydrogen-bond acceptors (Lipinski definition) is 5. The third kappa shape index (κ3) is 4.96. The zero-order chi connectivity index (χ0) is 24.4. The zero-order valence-electron chi connectivity index (χ0n) is 19.2. The first kappa shape index (κ1) is 22.8. The summed E-state index contributed by atoms with van der Waals surface area (Å²) in [5, 5.41) is 2.64. The second-order valence-corrected chi connectivity index (χ2v) is 8.79. The highest BCUT2D eigenvalue weighted by Gasteiger charge is 2.39. The van der Waals surface area contributed by atoms with Crippen LogP contribution in [0.4, 0.5) is 4.39 Å². The zero-order valence-corrected chi connectivity index (χ0v) is 19.2. The molecule has 0 radical (unpaired) electrons. The van der Waals surface area contributed by atoms with Gasteiger partial charge in [0.1, 0.15) is 17.8 Å². The molecule has 1 N–H and O–H groups in total. The SMILES string of the molecule is C=CCNC(=O)c1coc(COc2ccc3c(c2)[C@@H](c2cccc(F)c2)N(C(=O)C2CC2)CC3)n1. The van der Waals surface area contributed by atoms with Crippen LogP contribution in [0.1, 0.15) is 52.0 Å². The highest BCUT2D eigenvalue weighted by molar-refractivity contribution is 5.91. The van der Waals surface area contributed by atoms with Crippen molar-refractivity contribution in [2.45, 2.75) is 31.9 Å². The van der Waals surface area contributed by atoms with Gasteiger partial charge in [0.15, 0.2) is 12.3 Å². The lowest BCUT2D eigenvalue weighted by Crippen LogP contribution is -2.41. The van der Waals surface area contributed by atoms with Crippen molar-refractivity contribution in [3.05, 3.63) is 95.5 Å². The first-order valence-electron chi connectivity index (χ1n) is 11.7. The Morgan fingerprint density at radius 3 is 2.89 bits per heavy atom. The Bertz CT molecular complexity index is 1270. The second kappa shape index (κ2) is 9.74. The molecule has 180 valence electrons. The number of aromatic nitrogens is 1. The lowest BCUT2D eigenvalue weighted by atomic mass is 9.87. The molecule has 2 aliphatic rings. The van der Waals surface area contributed by atoms with Gasteiger partial charge in [-0.05, 0) is 60.2 Å². The van der Waals surface area contributed by atoms with Crippen LogP contribution in [0.15, 0.2) is 65.8 Å². The van der Waals surface area contributed by atoms with Crippen LogP contribution in [-0.2, 0) is 17.8 Å². The first-order chi connectivity index (χ1) is 17.0. The van der Waals surface area contributed by atoms with Crippen molar-refractivity contribution in [2.75, 3.05) is 13.1 Å². The highest BCUT2D eigenvalue weighted by Crippen LogP contribution is 2.41. The van der Waals surface area contributed by atoms with E-state index in [9.17, 15) is 14.0 Å². The number of oxazole rings is 1. The molecule has 35 heavy (non-hydrogen) atoms. The molecule has 7 nitrogen and oxygen atoms in total. The number of rotatable bonds is 8. The summed E-state index contributed by atoms with van der Waals surface area (Å²) in [5.74, 6) is 0.332. The quantitative estimate of drug-likeness (QED) is 0.494. The Balaban J connectivity index is 1.38. The molecule has 1 fully saturated rings. The normalized spacial score (nSPS) is 16.9. The summed E-state index contributed by atoms with van der Waals surface area (Å²) in [6.07, 6.45) is 5.40. The fourth-order valence-electron chi connectivity index (χ4n) is 4.40. The molecule has 2 heterocycles. The Morgan fingerprint density at radius 2 is 2.11 bits per heavy atom. The van der Waals surface area contributed by atoms with E-state index in [4.69, 9.17) is 9.15 Å². The van der Waals surface area contributed by atoms with Gasteiger partial charge >= 0.3 is 0 Å². The largest absolute Gasteiger partial charge is 0.484 e. The fourth-order valence-corrected chi connectivity index (χ4v) is 4.40. The average Bonchev–Trinajstić information content (AvgIpc) is 3.62. The summed E-state index contributed by atoms with van der Waals surface area (Å²) < 4.78 is 25.4. The molecular formula is C27H26FN3O4. The topological polar surface area (TPSA) is 84.7 Å². The van der Waals surface area contributed by atoms with Gasteiger partial charge in [-0.1, -0.05) is 24.3 Å². The minimum absolute atomic E-state index is 0.0306. The molecule has 2 aromatic carbocycles. The van der Waals surface area contributed by atoms with Gasteiger partial charge in [0.2, 0.25) is 11.8 Å². The van der Waals surface area contributed by atoms with Crippen molar-refractivity contribution < 1.29 is 23.1 Å². The summed E-state index contributed by atoms with van der Waals surface area (Å²) in [4.78, 5) is 31.1. The number of carbonyl (C=O) groups excluding carboxylic acids is 2. The smallest absolute Gasteiger partial charge is 0.273 e. The van der Waals surface area contributed by atoms with Crippen molar-refractivity contribution in [1.29, 1.82) is 0 Å². The van der Waals surface area contributed by atoms with E-state index in [1.54, 1.807) is 12.1 Å². The van der Waals surface area contributed by atoms with E-state index in [1.807, 2.05) is 29.2 Å². The molecule has 1 aliphatic carbocycles. The predicted octanol–water partition coefficient (Wildman–Crippen LogP) is 4.19. The molecule has 0 saturated heterocycles. The van der Waals surface area contributed by atoms with Crippen molar-refractivity contribution in [1.82, 2.24) is 15.2 Å². The van der Waals surface area contributed by atoms with Crippen LogP contribution in [-0.4, -0.2) is 34.8 Å². The number of halogens is 1. The average molecular weight is 476 g/mol. The summed E-state index contributed by atoms with van der Waals surface area (Å²) >= 11 is 0. The van der Waals surface area contributed by atoms with Crippen molar-refractivity contribution >= 4 is 11.8 Å². The number of fused-ring (bicyclic) bond motifs is 1. The lowest BCUT2D eigenvalue weighted by molar-refractivity contribution is -0.134. The Kier molecular flexibility index (Phi) is 6.35. The van der Waals surface area contributed by atoms with E-state index in [0.29, 0.717) is 18.8 Å². The van der Waals surface area contributed by atoms with Gasteiger partial charge in [0.25, 0.3) is 5.91 Å². The number of amides is 2. The molecule has 0 spiro atoms. The summed E-state index contributed by atoms with van der Waals surface area (Å²) in [5.41, 5.74) is 2.92. The fraction of sp³-hybridized carbons (Fsp3) is 0.296. The molecule has 1 aromatic heterocycles. The Hall–Kier alpha value is -3.94. The molecule has 2 amide bonds. The number of nitrogens with zero attached hydrogens (tertiary/aromatic N) is 2. The number of nitrogens with one attached hydrogen (secondary N) is 1. The van der Waals surface area contributed by atoms with Crippen molar-refractivity contribution in [3.8, 4) is 5.75 Å². The summed E-state index contributed by atoms with van der Waals surface area (Å²) in [6, 6.07) is 11.8. The third-order valence-corrected chi connectivity index (χ3v) is 6.27. The number of ether oxygens (including phenoxy) is 1. The monoisotopic (exact) mass is 475 g/mol. The van der Waals surface area contributed by atoms with E-state index in [0.717, 1.165) is 36.0 Å². The summed E-state index contributed by atoms with van der Waals surface area (Å²) in [7, 11) is 0. The minimum atomic E-state index is -0.381. The van der Waals surface area contributed by atoms with Gasteiger partial charge in [-0.3, -0.25) is 9.59 Å². The number of hydrogen-bond donors (Lipinski definition) is 1. The predicted molar refractivity (Wildman–Crippen MR) is 126 cm³/mol. The molecular weight excluding hydrogens is 449 g/mol. The number of carbonyl (C=O) groups is 2. The van der Waals surface area contributed by atoms with E-state index < -0.39 is 0 Å². The molecule has 3 aromatic rings. The molecule has 0 unspecified atom stereocenters. The molecule has 1 atom stereocenters. The number of benzene rings is 2. The van der Waals surface area contributed by atoms with Crippen LogP contribution in [0.25, 0.3) is 0 Å². The van der Waals surface area contributed by atoms with E-state index in [1.165, 1.54) is 18.4 Å². The van der Waals surface area contributed by atoms with E-state index in [-0.39, 0.29) is 47.8 Å². The van der Waals surface area contributed by atoms with Crippen LogP contribution in [0.2, 0.25) is 0 Å². The van der Waals surface area contributed by atoms with Crippen molar-refractivity contribution in [2.24, 2.45) is 5.92 Å². The van der Waals surface area contributed by atoms with E-state index >= 15 is 0 Å². The van der Waals surface area contributed by atoms with Crippen LogP contribution >= 0.6 is 0 Å². The molecule has 1 aliphatic heterocycles. The van der Waals surface area contributed by atoms with Crippen molar-refractivity contribution in [3.63, 3.8) is 0 Å². The van der Waals surface area contributed by atoms with Gasteiger partial charge in [-0.2, -0.15) is 0 Å². The summed E-state index contributed by atoms with van der Waals surface area (Å²) in [6.45, 7) is 4.52. The first-order valence-corrected chi connectivity index (χ1v) is 11.7. The molecule has 5 rings (SSSR count). The molecule has 1 saturated carbocycles. The lowest BCUT2D eigenvalue weighted by Gasteiger charge is -2.38. The highest BCUT2D eigenvalue weighted by atomic mass is 19.1. The maximum Gasteiger partial charge on any atom is 0.273 e. The van der Waals surface area contributed by atoms with Crippen LogP contribution in [0.3, 0.4) is 0 Å². The molecule has 0 bridgehead atoms. The Labute approximate surface area is 202 Å². The van der Waals surface area contributed by atoms with Crippen LogP contribution < -0.4 is 10.1 Å². The minimum Gasteiger partial charge on any atom is -0.484 e. The van der Waals surface area contributed by atoms with Gasteiger partial charge in [0, 0.05) is 19.0 Å².